The molecule has 0 aliphatic heterocycles. The average molecular weight is 329 g/mol. The van der Waals surface area contributed by atoms with E-state index >= 15 is 0 Å². The van der Waals surface area contributed by atoms with Crippen LogP contribution in [0.1, 0.15) is 22.8 Å². The van der Waals surface area contributed by atoms with E-state index in [2.05, 4.69) is 10.3 Å². The van der Waals surface area contributed by atoms with Crippen molar-refractivity contribution >= 4 is 17.2 Å². The van der Waals surface area contributed by atoms with Crippen molar-refractivity contribution in [2.45, 2.75) is 13.3 Å². The Labute approximate surface area is 139 Å². The first-order valence-electron chi connectivity index (χ1n) is 7.54. The lowest BCUT2D eigenvalue weighted by Gasteiger charge is -2.16. The highest BCUT2D eigenvalue weighted by Gasteiger charge is 2.17. The second-order valence-corrected chi connectivity index (χ2v) is 5.54. The van der Waals surface area contributed by atoms with Gasteiger partial charge in [-0.2, -0.15) is 0 Å². The number of aromatic nitrogens is 1. The van der Waals surface area contributed by atoms with Crippen molar-refractivity contribution < 1.29 is 14.8 Å². The molecule has 0 radical (unpaired) electrons. The van der Waals surface area contributed by atoms with Crippen LogP contribution in [0.25, 0.3) is 0 Å². The molecule has 0 spiro atoms. The van der Waals surface area contributed by atoms with Gasteiger partial charge in [0.25, 0.3) is 5.69 Å². The van der Waals surface area contributed by atoms with Crippen molar-refractivity contribution in [3.8, 4) is 0 Å². The molecule has 7 nitrogen and oxygen atoms in total. The van der Waals surface area contributed by atoms with E-state index in [9.17, 15) is 20.0 Å². The van der Waals surface area contributed by atoms with E-state index < -0.39 is 4.92 Å². The molecule has 0 fully saturated rings. The van der Waals surface area contributed by atoms with Gasteiger partial charge in [0.15, 0.2) is 5.78 Å². The number of ketones is 1. The summed E-state index contributed by atoms with van der Waals surface area (Å²) in [6.45, 7) is 1.68. The first-order chi connectivity index (χ1) is 11.5. The number of nitro benzene ring substituents is 1. The smallest absolute Gasteiger partial charge is 0.293 e. The molecule has 0 aliphatic rings. The summed E-state index contributed by atoms with van der Waals surface area (Å²) in [6.07, 6.45) is 4.01. The van der Waals surface area contributed by atoms with Gasteiger partial charge < -0.3 is 10.4 Å². The highest BCUT2D eigenvalue weighted by atomic mass is 16.6. The van der Waals surface area contributed by atoms with Crippen LogP contribution in [0, 0.1) is 16.0 Å². The molecule has 1 aromatic heterocycles. The van der Waals surface area contributed by atoms with Gasteiger partial charge in [-0.05, 0) is 37.1 Å². The predicted octanol–water partition coefficient (Wildman–Crippen LogP) is 2.46. The van der Waals surface area contributed by atoms with E-state index in [0.717, 1.165) is 5.56 Å². The SMILES string of the molecule is CC(=O)c1ccc(NC[C@H](CO)Cc2cccnc2)c([N+](=O)[O-])c1. The number of Topliss-reactive ketones (excluding diaryl/α,β-unsaturated/α-hetero) is 1. The van der Waals surface area contributed by atoms with E-state index in [1.165, 1.54) is 19.1 Å². The van der Waals surface area contributed by atoms with Crippen molar-refractivity contribution in [1.29, 1.82) is 0 Å². The molecule has 0 amide bonds. The number of benzene rings is 1. The number of aliphatic hydroxyl groups is 1. The maximum absolute atomic E-state index is 11.4. The van der Waals surface area contributed by atoms with Crippen LogP contribution in [-0.4, -0.2) is 33.9 Å². The van der Waals surface area contributed by atoms with E-state index in [-0.39, 0.29) is 24.0 Å². The lowest BCUT2D eigenvalue weighted by molar-refractivity contribution is -0.384. The van der Waals surface area contributed by atoms with Crippen molar-refractivity contribution in [1.82, 2.24) is 4.98 Å². The first kappa shape index (κ1) is 17.6. The Balaban J connectivity index is 2.09. The van der Waals surface area contributed by atoms with Crippen molar-refractivity contribution in [3.63, 3.8) is 0 Å². The minimum Gasteiger partial charge on any atom is -0.396 e. The first-order valence-corrected chi connectivity index (χ1v) is 7.54. The average Bonchev–Trinajstić information content (AvgIpc) is 2.59. The minimum absolute atomic E-state index is 0.0543. The normalized spacial score (nSPS) is 11.8. The summed E-state index contributed by atoms with van der Waals surface area (Å²) in [5, 5.41) is 23.7. The quantitative estimate of drug-likeness (QED) is 0.438. The molecule has 1 heterocycles. The summed E-state index contributed by atoms with van der Waals surface area (Å²) in [6, 6.07) is 8.07. The highest BCUT2D eigenvalue weighted by molar-refractivity contribution is 5.95. The van der Waals surface area contributed by atoms with Crippen LogP contribution in [0.4, 0.5) is 11.4 Å². The zero-order valence-electron chi connectivity index (χ0n) is 13.3. The minimum atomic E-state index is -0.524. The summed E-state index contributed by atoms with van der Waals surface area (Å²) in [4.78, 5) is 26.1. The number of carbonyl (C=O) groups excluding carboxylic acids is 1. The molecule has 7 heteroatoms. The van der Waals surface area contributed by atoms with Crippen LogP contribution < -0.4 is 5.32 Å². The van der Waals surface area contributed by atoms with Gasteiger partial charge in [-0.3, -0.25) is 19.9 Å². The third kappa shape index (κ3) is 4.60. The molecule has 0 saturated carbocycles. The number of nitrogens with one attached hydrogen (secondary N) is 1. The Hall–Kier alpha value is -2.80. The molecule has 2 rings (SSSR count). The Morgan fingerprint density at radius 1 is 1.42 bits per heavy atom. The number of nitro groups is 1. The number of hydrogen-bond donors (Lipinski definition) is 2. The Kier molecular flexibility index (Phi) is 5.97. The number of pyridine rings is 1. The summed E-state index contributed by atoms with van der Waals surface area (Å²) < 4.78 is 0. The van der Waals surface area contributed by atoms with Crippen molar-refractivity contribution in [3.05, 3.63) is 64.0 Å². The van der Waals surface area contributed by atoms with Gasteiger partial charge in [0.05, 0.1) is 4.92 Å². The molecule has 2 aromatic rings. The molecule has 0 aliphatic carbocycles. The van der Waals surface area contributed by atoms with Crippen LogP contribution in [-0.2, 0) is 6.42 Å². The summed E-state index contributed by atoms with van der Waals surface area (Å²) in [7, 11) is 0. The van der Waals surface area contributed by atoms with Gasteiger partial charge in [0.2, 0.25) is 0 Å². The van der Waals surface area contributed by atoms with E-state index in [4.69, 9.17) is 0 Å². The topological polar surface area (TPSA) is 105 Å². The molecule has 126 valence electrons. The van der Waals surface area contributed by atoms with Gasteiger partial charge >= 0.3 is 0 Å². The Morgan fingerprint density at radius 3 is 2.79 bits per heavy atom. The summed E-state index contributed by atoms with van der Waals surface area (Å²) in [5.41, 5.74) is 1.46. The number of rotatable bonds is 8. The van der Waals surface area contributed by atoms with Gasteiger partial charge in [0, 0.05) is 43.1 Å². The second-order valence-electron chi connectivity index (χ2n) is 5.54. The fourth-order valence-electron chi connectivity index (χ4n) is 2.36. The second kappa shape index (κ2) is 8.16. The van der Waals surface area contributed by atoms with E-state index in [1.54, 1.807) is 18.5 Å². The zero-order valence-corrected chi connectivity index (χ0v) is 13.3. The molecular weight excluding hydrogens is 310 g/mol. The van der Waals surface area contributed by atoms with Gasteiger partial charge in [-0.25, -0.2) is 0 Å². The Bertz CT molecular complexity index is 719. The van der Waals surface area contributed by atoms with Crippen LogP contribution >= 0.6 is 0 Å². The third-order valence-corrected chi connectivity index (χ3v) is 3.69. The largest absolute Gasteiger partial charge is 0.396 e. The van der Waals surface area contributed by atoms with Crippen LogP contribution in [0.5, 0.6) is 0 Å². The monoisotopic (exact) mass is 329 g/mol. The number of aliphatic hydroxyl groups excluding tert-OH is 1. The lowest BCUT2D eigenvalue weighted by atomic mass is 10.0. The molecule has 0 unspecified atom stereocenters. The molecule has 1 aromatic carbocycles. The van der Waals surface area contributed by atoms with Gasteiger partial charge in [0.1, 0.15) is 5.69 Å². The van der Waals surface area contributed by atoms with Gasteiger partial charge in [-0.1, -0.05) is 6.07 Å². The van der Waals surface area contributed by atoms with Crippen molar-refractivity contribution in [2.24, 2.45) is 5.92 Å². The fraction of sp³-hybridized carbons (Fsp3) is 0.294. The maximum Gasteiger partial charge on any atom is 0.293 e. The van der Waals surface area contributed by atoms with E-state index in [1.807, 2.05) is 12.1 Å². The van der Waals surface area contributed by atoms with Crippen LogP contribution in [0.3, 0.4) is 0 Å². The zero-order chi connectivity index (χ0) is 17.5. The van der Waals surface area contributed by atoms with Crippen LogP contribution in [0.2, 0.25) is 0 Å². The maximum atomic E-state index is 11.4. The molecule has 2 N–H and O–H groups in total. The molecule has 24 heavy (non-hydrogen) atoms. The molecule has 0 saturated heterocycles. The predicted molar refractivity (Wildman–Crippen MR) is 90.1 cm³/mol. The highest BCUT2D eigenvalue weighted by Crippen LogP contribution is 2.26. The Morgan fingerprint density at radius 2 is 2.21 bits per heavy atom. The fourth-order valence-corrected chi connectivity index (χ4v) is 2.36. The molecular formula is C17H19N3O4. The van der Waals surface area contributed by atoms with Crippen molar-refractivity contribution in [2.75, 3.05) is 18.5 Å². The number of carbonyl (C=O) groups is 1. The third-order valence-electron chi connectivity index (χ3n) is 3.69. The molecule has 1 atom stereocenters. The number of hydrogen-bond acceptors (Lipinski definition) is 6. The lowest BCUT2D eigenvalue weighted by Crippen LogP contribution is -2.21. The summed E-state index contributed by atoms with van der Waals surface area (Å²) >= 11 is 0. The number of nitrogens with zero attached hydrogens (tertiary/aromatic N) is 2. The summed E-state index contributed by atoms with van der Waals surface area (Å²) in [5.74, 6) is -0.337. The van der Waals surface area contributed by atoms with Crippen LogP contribution in [0.15, 0.2) is 42.7 Å². The van der Waals surface area contributed by atoms with Gasteiger partial charge in [-0.15, -0.1) is 0 Å². The van der Waals surface area contributed by atoms with E-state index in [0.29, 0.717) is 24.2 Å². The molecule has 0 bridgehead atoms. The standard InChI is InChI=1S/C17H19N3O4/c1-12(22)15-4-5-16(17(8-15)20(23)24)19-10-14(11-21)7-13-3-2-6-18-9-13/h2-6,8-9,14,19,21H,7,10-11H2,1H3/t14-/m1/s1. The number of anilines is 1.